The van der Waals surface area contributed by atoms with Gasteiger partial charge in [0.15, 0.2) is 0 Å². The van der Waals surface area contributed by atoms with E-state index in [0.29, 0.717) is 12.0 Å². The van der Waals surface area contributed by atoms with E-state index in [9.17, 15) is 4.79 Å². The van der Waals surface area contributed by atoms with Gasteiger partial charge in [0.1, 0.15) is 5.75 Å². The number of rotatable bonds is 4. The number of hydrogen-bond acceptors (Lipinski definition) is 3. The number of methoxy groups -OCH3 is 1. The molecule has 116 valence electrons. The zero-order chi connectivity index (χ0) is 16.2. The Hall–Kier alpha value is -2.88. The lowest BCUT2D eigenvalue weighted by atomic mass is 10.0. The lowest BCUT2D eigenvalue weighted by Crippen LogP contribution is -2.15. The van der Waals surface area contributed by atoms with Crippen LogP contribution < -0.4 is 10.3 Å². The van der Waals surface area contributed by atoms with Gasteiger partial charge >= 0.3 is 0 Å². The Kier molecular flexibility index (Phi) is 4.24. The lowest BCUT2D eigenvalue weighted by molar-refractivity contribution is 0.410. The number of aromatic amines is 1. The molecule has 0 atom stereocenters. The molecule has 1 N–H and O–H groups in total. The number of H-pyrrole nitrogens is 1. The highest BCUT2D eigenvalue weighted by molar-refractivity contribution is 5.59. The molecule has 0 bridgehead atoms. The summed E-state index contributed by atoms with van der Waals surface area (Å²) in [5.41, 5.74) is 4.39. The Morgan fingerprint density at radius 3 is 2.52 bits per heavy atom. The fourth-order valence-corrected chi connectivity index (χ4v) is 2.50. The number of ether oxygens (including phenoxy) is 1. The van der Waals surface area contributed by atoms with E-state index in [1.165, 1.54) is 5.56 Å². The second-order valence-corrected chi connectivity index (χ2v) is 5.46. The molecule has 3 aromatic rings. The van der Waals surface area contributed by atoms with E-state index < -0.39 is 0 Å². The van der Waals surface area contributed by atoms with Crippen LogP contribution in [0.1, 0.15) is 16.7 Å². The predicted octanol–water partition coefficient (Wildman–Crippen LogP) is 3.34. The molecule has 0 fully saturated rings. The molecule has 0 saturated heterocycles. The molecule has 0 aliphatic heterocycles. The summed E-state index contributed by atoms with van der Waals surface area (Å²) in [6.07, 6.45) is 0.501. The van der Waals surface area contributed by atoms with Crippen LogP contribution in [0.4, 0.5) is 0 Å². The molecular weight excluding hydrogens is 288 g/mol. The van der Waals surface area contributed by atoms with E-state index in [2.05, 4.69) is 10.2 Å². The predicted molar refractivity (Wildman–Crippen MR) is 90.8 cm³/mol. The normalized spacial score (nSPS) is 10.5. The van der Waals surface area contributed by atoms with Gasteiger partial charge in [0.05, 0.1) is 12.8 Å². The van der Waals surface area contributed by atoms with Gasteiger partial charge in [-0.25, -0.2) is 5.10 Å². The van der Waals surface area contributed by atoms with E-state index >= 15 is 0 Å². The SMILES string of the molecule is COc1ccccc1Cc1cc(-c2ccc(C)cc2)n[nH]c1=O. The Balaban J connectivity index is 1.98. The first-order valence-corrected chi connectivity index (χ1v) is 7.45. The molecule has 0 unspecified atom stereocenters. The van der Waals surface area contributed by atoms with Crippen LogP contribution >= 0.6 is 0 Å². The van der Waals surface area contributed by atoms with Crippen LogP contribution in [-0.4, -0.2) is 17.3 Å². The van der Waals surface area contributed by atoms with Crippen molar-refractivity contribution < 1.29 is 4.74 Å². The average molecular weight is 306 g/mol. The van der Waals surface area contributed by atoms with Crippen molar-refractivity contribution in [3.8, 4) is 17.0 Å². The van der Waals surface area contributed by atoms with Crippen molar-refractivity contribution in [2.24, 2.45) is 0 Å². The van der Waals surface area contributed by atoms with E-state index in [-0.39, 0.29) is 5.56 Å². The van der Waals surface area contributed by atoms with Crippen molar-refractivity contribution in [1.82, 2.24) is 10.2 Å². The number of benzene rings is 2. The first kappa shape index (κ1) is 15.0. The quantitative estimate of drug-likeness (QED) is 0.804. The van der Waals surface area contributed by atoms with Gasteiger partial charge in [-0.05, 0) is 24.6 Å². The van der Waals surface area contributed by atoms with Gasteiger partial charge < -0.3 is 4.74 Å². The molecule has 0 radical (unpaired) electrons. The molecule has 3 rings (SSSR count). The maximum atomic E-state index is 12.1. The molecule has 1 aromatic heterocycles. The fraction of sp³-hybridized carbons (Fsp3) is 0.158. The second-order valence-electron chi connectivity index (χ2n) is 5.46. The van der Waals surface area contributed by atoms with E-state index in [0.717, 1.165) is 22.6 Å². The number of hydrogen-bond donors (Lipinski definition) is 1. The van der Waals surface area contributed by atoms with Crippen LogP contribution in [0.15, 0.2) is 59.4 Å². The van der Waals surface area contributed by atoms with Crippen molar-refractivity contribution in [3.63, 3.8) is 0 Å². The second kappa shape index (κ2) is 6.48. The minimum absolute atomic E-state index is 0.174. The third-order valence-electron chi connectivity index (χ3n) is 3.80. The zero-order valence-corrected chi connectivity index (χ0v) is 13.2. The Morgan fingerprint density at radius 2 is 1.78 bits per heavy atom. The van der Waals surface area contributed by atoms with Crippen molar-refractivity contribution >= 4 is 0 Å². The first-order valence-electron chi connectivity index (χ1n) is 7.45. The van der Waals surface area contributed by atoms with E-state index in [4.69, 9.17) is 4.74 Å². The molecule has 2 aromatic carbocycles. The minimum Gasteiger partial charge on any atom is -0.496 e. The lowest BCUT2D eigenvalue weighted by Gasteiger charge is -2.08. The molecule has 0 amide bonds. The van der Waals surface area contributed by atoms with Crippen molar-refractivity contribution in [2.75, 3.05) is 7.11 Å². The van der Waals surface area contributed by atoms with Gasteiger partial charge in [-0.2, -0.15) is 5.10 Å². The molecule has 4 nitrogen and oxygen atoms in total. The van der Waals surface area contributed by atoms with Gasteiger partial charge in [0, 0.05) is 17.5 Å². The molecule has 0 saturated carbocycles. The monoisotopic (exact) mass is 306 g/mol. The third kappa shape index (κ3) is 3.31. The summed E-state index contributed by atoms with van der Waals surface area (Å²) in [6, 6.07) is 17.6. The van der Waals surface area contributed by atoms with Crippen LogP contribution in [0.5, 0.6) is 5.75 Å². The third-order valence-corrected chi connectivity index (χ3v) is 3.80. The summed E-state index contributed by atoms with van der Waals surface area (Å²) in [7, 11) is 1.63. The summed E-state index contributed by atoms with van der Waals surface area (Å²) in [5.74, 6) is 0.778. The smallest absolute Gasteiger partial charge is 0.267 e. The topological polar surface area (TPSA) is 55.0 Å². The van der Waals surface area contributed by atoms with Gasteiger partial charge in [0.25, 0.3) is 5.56 Å². The molecule has 0 aliphatic carbocycles. The van der Waals surface area contributed by atoms with Crippen LogP contribution in [0.2, 0.25) is 0 Å². The number of nitrogens with zero attached hydrogens (tertiary/aromatic N) is 1. The van der Waals surface area contributed by atoms with Gasteiger partial charge in [-0.15, -0.1) is 0 Å². The highest BCUT2D eigenvalue weighted by Gasteiger charge is 2.09. The largest absolute Gasteiger partial charge is 0.496 e. The molecule has 4 heteroatoms. The molecule has 23 heavy (non-hydrogen) atoms. The summed E-state index contributed by atoms with van der Waals surface area (Å²) in [5, 5.41) is 6.75. The summed E-state index contributed by atoms with van der Waals surface area (Å²) in [4.78, 5) is 12.1. The highest BCUT2D eigenvalue weighted by Crippen LogP contribution is 2.22. The van der Waals surface area contributed by atoms with Crippen LogP contribution in [0.25, 0.3) is 11.3 Å². The fourth-order valence-electron chi connectivity index (χ4n) is 2.50. The molecule has 0 aliphatic rings. The number of para-hydroxylation sites is 1. The molecule has 1 heterocycles. The van der Waals surface area contributed by atoms with Gasteiger partial charge in [-0.3, -0.25) is 4.79 Å². The standard InChI is InChI=1S/C19H18N2O2/c1-13-7-9-14(10-8-13)17-12-16(19(22)21-20-17)11-15-5-3-4-6-18(15)23-2/h3-10,12H,11H2,1-2H3,(H,21,22). The highest BCUT2D eigenvalue weighted by atomic mass is 16.5. The number of aromatic nitrogens is 2. The van der Waals surface area contributed by atoms with E-state index in [1.54, 1.807) is 7.11 Å². The summed E-state index contributed by atoms with van der Waals surface area (Å²) in [6.45, 7) is 2.04. The van der Waals surface area contributed by atoms with Gasteiger partial charge in [-0.1, -0.05) is 48.0 Å². The number of nitrogens with one attached hydrogen (secondary N) is 1. The van der Waals surface area contributed by atoms with Crippen LogP contribution in [0, 0.1) is 6.92 Å². The Labute approximate surface area is 134 Å². The molecular formula is C19H18N2O2. The van der Waals surface area contributed by atoms with Crippen molar-refractivity contribution in [3.05, 3.63) is 81.6 Å². The van der Waals surface area contributed by atoms with E-state index in [1.807, 2.05) is 61.5 Å². The average Bonchev–Trinajstić information content (AvgIpc) is 2.58. The number of aryl methyl sites for hydroxylation is 1. The van der Waals surface area contributed by atoms with Crippen LogP contribution in [-0.2, 0) is 6.42 Å². The van der Waals surface area contributed by atoms with Gasteiger partial charge in [0.2, 0.25) is 0 Å². The first-order chi connectivity index (χ1) is 11.2. The Bertz CT molecular complexity index is 867. The van der Waals surface area contributed by atoms with Crippen molar-refractivity contribution in [1.29, 1.82) is 0 Å². The molecule has 0 spiro atoms. The van der Waals surface area contributed by atoms with Crippen LogP contribution in [0.3, 0.4) is 0 Å². The Morgan fingerprint density at radius 1 is 1.04 bits per heavy atom. The minimum atomic E-state index is -0.174. The zero-order valence-electron chi connectivity index (χ0n) is 13.2. The maximum Gasteiger partial charge on any atom is 0.267 e. The van der Waals surface area contributed by atoms with Crippen molar-refractivity contribution in [2.45, 2.75) is 13.3 Å². The maximum absolute atomic E-state index is 12.1. The summed E-state index contributed by atoms with van der Waals surface area (Å²) < 4.78 is 5.36. The summed E-state index contributed by atoms with van der Waals surface area (Å²) >= 11 is 0.